The molecule has 1 heterocycles. The largest absolute Gasteiger partial charge is 0.310 e. The first-order valence-electron chi connectivity index (χ1n) is 8.26. The topological polar surface area (TPSA) is 24.9 Å². The zero-order valence-corrected chi connectivity index (χ0v) is 13.5. The van der Waals surface area contributed by atoms with Crippen LogP contribution in [0.2, 0.25) is 0 Å². The molecule has 0 saturated heterocycles. The van der Waals surface area contributed by atoms with E-state index in [1.54, 1.807) is 0 Å². The monoisotopic (exact) mass is 274 g/mol. The fourth-order valence-electron chi connectivity index (χ4n) is 3.94. The first-order chi connectivity index (χ1) is 9.61. The molecule has 1 aromatic heterocycles. The van der Waals surface area contributed by atoms with Crippen molar-refractivity contribution in [2.45, 2.75) is 59.4 Å². The lowest BCUT2D eigenvalue weighted by atomic mass is 9.72. The minimum Gasteiger partial charge on any atom is -0.310 e. The Morgan fingerprint density at radius 1 is 1.25 bits per heavy atom. The number of aromatic nitrogens is 1. The number of nitrogens with one attached hydrogen (secondary N) is 1. The van der Waals surface area contributed by atoms with Crippen molar-refractivity contribution >= 4 is 0 Å². The minimum absolute atomic E-state index is 0.480. The molecule has 0 radical (unpaired) electrons. The molecule has 1 aromatic rings. The zero-order valence-electron chi connectivity index (χ0n) is 13.5. The highest BCUT2D eigenvalue weighted by Crippen LogP contribution is 2.40. The van der Waals surface area contributed by atoms with Gasteiger partial charge in [-0.15, -0.1) is 0 Å². The van der Waals surface area contributed by atoms with Crippen LogP contribution in [0.25, 0.3) is 0 Å². The molecule has 2 heteroatoms. The van der Waals surface area contributed by atoms with Gasteiger partial charge in [0.05, 0.1) is 0 Å². The summed E-state index contributed by atoms with van der Waals surface area (Å²) in [4.78, 5) is 4.50. The van der Waals surface area contributed by atoms with E-state index in [9.17, 15) is 0 Å². The minimum atomic E-state index is 0.480. The van der Waals surface area contributed by atoms with Crippen LogP contribution in [-0.4, -0.2) is 11.5 Å². The second-order valence-corrected chi connectivity index (χ2v) is 6.79. The summed E-state index contributed by atoms with van der Waals surface area (Å²) < 4.78 is 0. The molecule has 112 valence electrons. The maximum Gasteiger partial charge on any atom is 0.0420 e. The van der Waals surface area contributed by atoms with E-state index in [0.29, 0.717) is 6.04 Å². The first kappa shape index (κ1) is 15.5. The Hall–Kier alpha value is -0.890. The van der Waals surface area contributed by atoms with E-state index in [4.69, 9.17) is 0 Å². The van der Waals surface area contributed by atoms with Crippen LogP contribution in [0.1, 0.15) is 63.8 Å². The molecule has 0 aliphatic heterocycles. The van der Waals surface area contributed by atoms with E-state index in [1.165, 1.54) is 36.9 Å². The van der Waals surface area contributed by atoms with Gasteiger partial charge in [-0.05, 0) is 68.5 Å². The van der Waals surface area contributed by atoms with Gasteiger partial charge in [-0.25, -0.2) is 0 Å². The van der Waals surface area contributed by atoms with Crippen LogP contribution in [0.5, 0.6) is 0 Å². The Kier molecular flexibility index (Phi) is 5.59. The third-order valence-electron chi connectivity index (χ3n) is 4.68. The third kappa shape index (κ3) is 3.82. The average molecular weight is 274 g/mol. The van der Waals surface area contributed by atoms with Crippen molar-refractivity contribution in [3.05, 3.63) is 29.6 Å². The van der Waals surface area contributed by atoms with Crippen molar-refractivity contribution in [3.8, 4) is 0 Å². The van der Waals surface area contributed by atoms with E-state index < -0.39 is 0 Å². The normalized spacial score (nSPS) is 28.3. The Morgan fingerprint density at radius 2 is 1.95 bits per heavy atom. The van der Waals surface area contributed by atoms with Crippen LogP contribution in [0.4, 0.5) is 0 Å². The molecule has 3 unspecified atom stereocenters. The number of aryl methyl sites for hydroxylation is 1. The SMILES string of the molecule is CCCNC(c1cccnc1C)C1CC(C)CC(C)C1. The van der Waals surface area contributed by atoms with E-state index in [1.807, 2.05) is 6.20 Å². The molecular formula is C18H30N2. The van der Waals surface area contributed by atoms with Crippen LogP contribution >= 0.6 is 0 Å². The fraction of sp³-hybridized carbons (Fsp3) is 0.722. The van der Waals surface area contributed by atoms with E-state index in [-0.39, 0.29) is 0 Å². The molecule has 0 amide bonds. The number of hydrogen-bond acceptors (Lipinski definition) is 2. The van der Waals surface area contributed by atoms with Crippen molar-refractivity contribution in [2.24, 2.45) is 17.8 Å². The summed E-state index contributed by atoms with van der Waals surface area (Å²) >= 11 is 0. The lowest BCUT2D eigenvalue weighted by molar-refractivity contribution is 0.176. The van der Waals surface area contributed by atoms with Gasteiger partial charge in [0.25, 0.3) is 0 Å². The predicted octanol–water partition coefficient (Wildman–Crippen LogP) is 4.50. The molecule has 20 heavy (non-hydrogen) atoms. The van der Waals surface area contributed by atoms with Crippen LogP contribution in [0.15, 0.2) is 18.3 Å². The summed E-state index contributed by atoms with van der Waals surface area (Å²) in [5, 5.41) is 3.80. The van der Waals surface area contributed by atoms with Crippen molar-refractivity contribution < 1.29 is 0 Å². The van der Waals surface area contributed by atoms with Gasteiger partial charge in [-0.2, -0.15) is 0 Å². The summed E-state index contributed by atoms with van der Waals surface area (Å²) in [6.45, 7) is 10.3. The number of hydrogen-bond donors (Lipinski definition) is 1. The molecule has 0 bridgehead atoms. The highest BCUT2D eigenvalue weighted by Gasteiger charge is 2.31. The number of rotatable bonds is 5. The lowest BCUT2D eigenvalue weighted by Crippen LogP contribution is -2.34. The van der Waals surface area contributed by atoms with Gasteiger partial charge >= 0.3 is 0 Å². The van der Waals surface area contributed by atoms with Crippen LogP contribution in [0, 0.1) is 24.7 Å². The summed E-state index contributed by atoms with van der Waals surface area (Å²) in [6, 6.07) is 4.83. The molecule has 3 atom stereocenters. The highest BCUT2D eigenvalue weighted by atomic mass is 14.9. The Labute approximate surface area is 124 Å². The molecule has 1 aliphatic carbocycles. The highest BCUT2D eigenvalue weighted by molar-refractivity contribution is 5.23. The van der Waals surface area contributed by atoms with Gasteiger partial charge in [-0.1, -0.05) is 26.8 Å². The quantitative estimate of drug-likeness (QED) is 0.855. The van der Waals surface area contributed by atoms with Gasteiger partial charge in [0.1, 0.15) is 0 Å². The van der Waals surface area contributed by atoms with Crippen LogP contribution in [-0.2, 0) is 0 Å². The summed E-state index contributed by atoms with van der Waals surface area (Å²) in [5.41, 5.74) is 2.60. The summed E-state index contributed by atoms with van der Waals surface area (Å²) in [5.74, 6) is 2.46. The van der Waals surface area contributed by atoms with Gasteiger partial charge < -0.3 is 5.32 Å². The molecule has 2 rings (SSSR count). The predicted molar refractivity (Wildman–Crippen MR) is 85.7 cm³/mol. The molecule has 0 aromatic carbocycles. The number of pyridine rings is 1. The maximum absolute atomic E-state index is 4.50. The van der Waals surface area contributed by atoms with Gasteiger partial charge in [0.2, 0.25) is 0 Å². The van der Waals surface area contributed by atoms with Gasteiger partial charge in [-0.3, -0.25) is 4.98 Å². The van der Waals surface area contributed by atoms with Crippen molar-refractivity contribution in [1.29, 1.82) is 0 Å². The molecule has 1 saturated carbocycles. The second-order valence-electron chi connectivity index (χ2n) is 6.79. The smallest absolute Gasteiger partial charge is 0.0420 e. The molecule has 1 aliphatic rings. The third-order valence-corrected chi connectivity index (χ3v) is 4.68. The Balaban J connectivity index is 2.20. The van der Waals surface area contributed by atoms with E-state index in [0.717, 1.165) is 24.3 Å². The lowest BCUT2D eigenvalue weighted by Gasteiger charge is -2.37. The molecule has 0 spiro atoms. The standard InChI is InChI=1S/C18H30N2/c1-5-8-20-18(17-7-6-9-19-15(17)4)16-11-13(2)10-14(3)12-16/h6-7,9,13-14,16,18,20H,5,8,10-12H2,1-4H3. The average Bonchev–Trinajstić information content (AvgIpc) is 2.40. The zero-order chi connectivity index (χ0) is 14.5. The Bertz CT molecular complexity index is 406. The molecule has 1 N–H and O–H groups in total. The molecule has 1 fully saturated rings. The maximum atomic E-state index is 4.50. The summed E-state index contributed by atoms with van der Waals surface area (Å²) in [7, 11) is 0. The van der Waals surface area contributed by atoms with E-state index in [2.05, 4.69) is 50.1 Å². The van der Waals surface area contributed by atoms with Crippen molar-refractivity contribution in [3.63, 3.8) is 0 Å². The van der Waals surface area contributed by atoms with Gasteiger partial charge in [0, 0.05) is 17.9 Å². The second kappa shape index (κ2) is 7.21. The number of nitrogens with zero attached hydrogens (tertiary/aromatic N) is 1. The fourth-order valence-corrected chi connectivity index (χ4v) is 3.94. The first-order valence-corrected chi connectivity index (χ1v) is 8.26. The molecule has 2 nitrogen and oxygen atoms in total. The van der Waals surface area contributed by atoms with E-state index >= 15 is 0 Å². The van der Waals surface area contributed by atoms with Crippen LogP contribution < -0.4 is 5.32 Å². The van der Waals surface area contributed by atoms with Crippen molar-refractivity contribution in [2.75, 3.05) is 6.54 Å². The molecular weight excluding hydrogens is 244 g/mol. The summed E-state index contributed by atoms with van der Waals surface area (Å²) in [6.07, 6.45) is 7.18. The van der Waals surface area contributed by atoms with Gasteiger partial charge in [0.15, 0.2) is 0 Å². The van der Waals surface area contributed by atoms with Crippen LogP contribution in [0.3, 0.4) is 0 Å². The van der Waals surface area contributed by atoms with Crippen molar-refractivity contribution in [1.82, 2.24) is 10.3 Å². The Morgan fingerprint density at radius 3 is 2.55 bits per heavy atom.